The summed E-state index contributed by atoms with van der Waals surface area (Å²) in [5.74, 6) is -1.24. The molecule has 0 radical (unpaired) electrons. The van der Waals surface area contributed by atoms with E-state index in [9.17, 15) is 19.5 Å². The first-order valence-corrected chi connectivity index (χ1v) is 12.7. The lowest BCUT2D eigenvalue weighted by atomic mass is 9.92. The minimum absolute atomic E-state index is 0.0463. The number of hydrogen-bond acceptors (Lipinski definition) is 5. The number of fused-ring (bicyclic) bond motifs is 1. The van der Waals surface area contributed by atoms with Gasteiger partial charge in [-0.25, -0.2) is 0 Å². The van der Waals surface area contributed by atoms with Crippen molar-refractivity contribution in [2.45, 2.75) is 57.2 Å². The van der Waals surface area contributed by atoms with Crippen molar-refractivity contribution in [3.8, 4) is 0 Å². The quantitative estimate of drug-likeness (QED) is 0.506. The van der Waals surface area contributed by atoms with Gasteiger partial charge >= 0.3 is 5.97 Å². The molecule has 3 atom stereocenters. The molecule has 2 aromatic carbocycles. The number of amides is 2. The van der Waals surface area contributed by atoms with Crippen LogP contribution in [0.5, 0.6) is 0 Å². The number of esters is 1. The standard InChI is InChI=1S/C29H34N2O5/c32-20-25-16-22-12-8-9-14-24(22)19-31(25)27(33)17-23-13-4-1-2-7-15-28(34)36-26(18-30-29(23)35)21-10-5-3-6-11-21/h1,3-6,8-12,14,23,25-26,32H,2,7,13,15-20H2,(H,30,35). The third kappa shape index (κ3) is 6.61. The second kappa shape index (κ2) is 12.5. The summed E-state index contributed by atoms with van der Waals surface area (Å²) in [4.78, 5) is 40.7. The lowest BCUT2D eigenvalue weighted by Gasteiger charge is -2.36. The van der Waals surface area contributed by atoms with Gasteiger partial charge in [0.25, 0.3) is 0 Å². The molecule has 3 unspecified atom stereocenters. The minimum atomic E-state index is -0.593. The molecule has 2 heterocycles. The number of nitrogens with one attached hydrogen (secondary N) is 1. The van der Waals surface area contributed by atoms with Crippen LogP contribution in [0.1, 0.15) is 54.9 Å². The number of aliphatic hydroxyl groups excluding tert-OH is 1. The predicted octanol–water partition coefficient (Wildman–Crippen LogP) is 3.47. The highest BCUT2D eigenvalue weighted by atomic mass is 16.5. The van der Waals surface area contributed by atoms with E-state index < -0.39 is 12.0 Å². The highest BCUT2D eigenvalue weighted by molar-refractivity contribution is 5.86. The summed E-state index contributed by atoms with van der Waals surface area (Å²) in [7, 11) is 0. The molecular weight excluding hydrogens is 456 g/mol. The van der Waals surface area contributed by atoms with Gasteiger partial charge in [0.05, 0.1) is 25.1 Å². The van der Waals surface area contributed by atoms with Crippen LogP contribution in [0, 0.1) is 5.92 Å². The van der Waals surface area contributed by atoms with E-state index in [4.69, 9.17) is 4.74 Å². The van der Waals surface area contributed by atoms with Crippen molar-refractivity contribution < 1.29 is 24.2 Å². The second-order valence-corrected chi connectivity index (χ2v) is 9.47. The zero-order valence-electron chi connectivity index (χ0n) is 20.5. The highest BCUT2D eigenvalue weighted by Crippen LogP contribution is 2.26. The molecular formula is C29H34N2O5. The maximum absolute atomic E-state index is 13.4. The Balaban J connectivity index is 1.48. The molecule has 0 bridgehead atoms. The Morgan fingerprint density at radius 2 is 1.78 bits per heavy atom. The van der Waals surface area contributed by atoms with Crippen molar-refractivity contribution in [3.63, 3.8) is 0 Å². The predicted molar refractivity (Wildman–Crippen MR) is 136 cm³/mol. The molecule has 2 amide bonds. The van der Waals surface area contributed by atoms with Crippen LogP contribution < -0.4 is 5.32 Å². The summed E-state index contributed by atoms with van der Waals surface area (Å²) >= 11 is 0. The molecule has 7 heteroatoms. The molecule has 0 aliphatic carbocycles. The number of carbonyl (C=O) groups is 3. The zero-order chi connectivity index (χ0) is 25.3. The molecule has 7 nitrogen and oxygen atoms in total. The Bertz CT molecular complexity index is 1080. The summed E-state index contributed by atoms with van der Waals surface area (Å²) in [6.45, 7) is 0.441. The van der Waals surface area contributed by atoms with E-state index in [1.165, 1.54) is 0 Å². The van der Waals surface area contributed by atoms with Crippen LogP contribution in [0.3, 0.4) is 0 Å². The lowest BCUT2D eigenvalue weighted by Crippen LogP contribution is -2.47. The fourth-order valence-electron chi connectivity index (χ4n) is 4.85. The SMILES string of the molecule is O=C1CCCC=CCC(CC(=O)N2Cc3ccccc3CC2CO)C(=O)NCC(c2ccccc2)O1. The van der Waals surface area contributed by atoms with E-state index >= 15 is 0 Å². The molecule has 2 N–H and O–H groups in total. The molecule has 2 aromatic rings. The number of benzene rings is 2. The fraction of sp³-hybridized carbons (Fsp3) is 0.414. The average Bonchev–Trinajstić information content (AvgIpc) is 2.92. The van der Waals surface area contributed by atoms with Crippen LogP contribution in [0.4, 0.5) is 0 Å². The molecule has 2 aliphatic heterocycles. The molecule has 36 heavy (non-hydrogen) atoms. The molecule has 4 rings (SSSR count). The molecule has 190 valence electrons. The van der Waals surface area contributed by atoms with Gasteiger partial charge in [0.2, 0.25) is 11.8 Å². The number of nitrogens with zero attached hydrogens (tertiary/aromatic N) is 1. The Kier molecular flexibility index (Phi) is 8.90. The second-order valence-electron chi connectivity index (χ2n) is 9.47. The Hall–Kier alpha value is -3.45. The number of rotatable bonds is 4. The number of hydrogen-bond donors (Lipinski definition) is 2. The summed E-state index contributed by atoms with van der Waals surface area (Å²) in [5.41, 5.74) is 3.02. The van der Waals surface area contributed by atoms with E-state index in [-0.39, 0.29) is 43.4 Å². The van der Waals surface area contributed by atoms with E-state index in [1.54, 1.807) is 4.90 Å². The van der Waals surface area contributed by atoms with E-state index in [2.05, 4.69) is 5.32 Å². The third-order valence-electron chi connectivity index (χ3n) is 6.92. The largest absolute Gasteiger partial charge is 0.456 e. The van der Waals surface area contributed by atoms with Gasteiger partial charge in [-0.3, -0.25) is 14.4 Å². The van der Waals surface area contributed by atoms with Gasteiger partial charge in [-0.05, 0) is 42.4 Å². The lowest BCUT2D eigenvalue weighted by molar-refractivity contribution is -0.150. The van der Waals surface area contributed by atoms with Gasteiger partial charge in [-0.2, -0.15) is 0 Å². The third-order valence-corrected chi connectivity index (χ3v) is 6.92. The molecule has 0 spiro atoms. The topological polar surface area (TPSA) is 95.9 Å². The summed E-state index contributed by atoms with van der Waals surface area (Å²) < 4.78 is 5.69. The average molecular weight is 491 g/mol. The van der Waals surface area contributed by atoms with E-state index in [1.807, 2.05) is 66.7 Å². The Morgan fingerprint density at radius 1 is 1.03 bits per heavy atom. The normalized spacial score (nSPS) is 23.4. The highest BCUT2D eigenvalue weighted by Gasteiger charge is 2.32. The Morgan fingerprint density at radius 3 is 2.56 bits per heavy atom. The van der Waals surface area contributed by atoms with Crippen LogP contribution in [0.15, 0.2) is 66.7 Å². The number of ether oxygens (including phenoxy) is 1. The summed E-state index contributed by atoms with van der Waals surface area (Å²) in [5, 5.41) is 12.9. The maximum Gasteiger partial charge on any atom is 0.306 e. The smallest absolute Gasteiger partial charge is 0.306 e. The first-order chi connectivity index (χ1) is 17.5. The van der Waals surface area contributed by atoms with Crippen molar-refractivity contribution in [3.05, 3.63) is 83.4 Å². The van der Waals surface area contributed by atoms with Crippen molar-refractivity contribution in [1.82, 2.24) is 10.2 Å². The first kappa shape index (κ1) is 25.6. The number of cyclic esters (lactones) is 1. The number of allylic oxidation sites excluding steroid dienone is 2. The molecule has 0 aromatic heterocycles. The van der Waals surface area contributed by atoms with Crippen LogP contribution in [-0.4, -0.2) is 47.0 Å². The molecule has 0 saturated heterocycles. The molecule has 0 fully saturated rings. The van der Waals surface area contributed by atoms with Crippen molar-refractivity contribution in [1.29, 1.82) is 0 Å². The first-order valence-electron chi connectivity index (χ1n) is 12.7. The van der Waals surface area contributed by atoms with Gasteiger partial charge in [-0.1, -0.05) is 66.7 Å². The Labute approximate surface area is 212 Å². The summed E-state index contributed by atoms with van der Waals surface area (Å²) in [6.07, 6.45) is 6.02. The van der Waals surface area contributed by atoms with Crippen molar-refractivity contribution in [2.24, 2.45) is 5.92 Å². The van der Waals surface area contributed by atoms with Crippen LogP contribution in [0.2, 0.25) is 0 Å². The molecule has 2 aliphatic rings. The number of aliphatic hydroxyl groups is 1. The minimum Gasteiger partial charge on any atom is -0.456 e. The van der Waals surface area contributed by atoms with Gasteiger partial charge in [0.1, 0.15) is 6.10 Å². The van der Waals surface area contributed by atoms with E-state index in [0.717, 1.165) is 16.7 Å². The van der Waals surface area contributed by atoms with Gasteiger partial charge in [-0.15, -0.1) is 0 Å². The van der Waals surface area contributed by atoms with Gasteiger partial charge in [0.15, 0.2) is 0 Å². The summed E-state index contributed by atoms with van der Waals surface area (Å²) in [6, 6.07) is 17.0. The maximum atomic E-state index is 13.4. The van der Waals surface area contributed by atoms with Crippen LogP contribution in [-0.2, 0) is 32.1 Å². The van der Waals surface area contributed by atoms with Crippen molar-refractivity contribution in [2.75, 3.05) is 13.2 Å². The van der Waals surface area contributed by atoms with E-state index in [0.29, 0.717) is 38.6 Å². The zero-order valence-corrected chi connectivity index (χ0v) is 20.5. The van der Waals surface area contributed by atoms with Crippen LogP contribution in [0.25, 0.3) is 0 Å². The number of carbonyl (C=O) groups excluding carboxylic acids is 3. The fourth-order valence-corrected chi connectivity index (χ4v) is 4.85. The van der Waals surface area contributed by atoms with Gasteiger partial charge in [0, 0.05) is 19.4 Å². The van der Waals surface area contributed by atoms with Crippen LogP contribution >= 0.6 is 0 Å². The van der Waals surface area contributed by atoms with Crippen molar-refractivity contribution >= 4 is 17.8 Å². The molecule has 0 saturated carbocycles. The monoisotopic (exact) mass is 490 g/mol. The van der Waals surface area contributed by atoms with Gasteiger partial charge < -0.3 is 20.1 Å².